The fourth-order valence-electron chi connectivity index (χ4n) is 5.53. The Morgan fingerprint density at radius 3 is 2.44 bits per heavy atom. The molecule has 0 spiro atoms. The second-order valence-corrected chi connectivity index (χ2v) is 11.5. The van der Waals surface area contributed by atoms with Crippen molar-refractivity contribution in [3.8, 4) is 28.5 Å². The Morgan fingerprint density at radius 1 is 1.07 bits per heavy atom. The summed E-state index contributed by atoms with van der Waals surface area (Å²) < 4.78 is 13.6. The molecule has 3 aromatic carbocycles. The SMILES string of the molecule is CC(C)(C)OC(=O)NC1(c2ccc(-c3c(-c4ccccc4)oc4c(ccc5cnn(CC#N)c54)c3=O)cc2)CCC1. The number of carbonyl (C=O) groups is 1. The molecule has 0 atom stereocenters. The number of hydrogen-bond donors (Lipinski definition) is 1. The van der Waals surface area contributed by atoms with Crippen molar-refractivity contribution in [3.63, 3.8) is 0 Å². The molecule has 5 aromatic rings. The van der Waals surface area contributed by atoms with Crippen molar-refractivity contribution >= 4 is 28.0 Å². The molecule has 2 heterocycles. The molecule has 1 N–H and O–H groups in total. The lowest BCUT2D eigenvalue weighted by molar-refractivity contribution is 0.0377. The zero-order chi connectivity index (χ0) is 28.8. The van der Waals surface area contributed by atoms with Gasteiger partial charge >= 0.3 is 6.09 Å². The summed E-state index contributed by atoms with van der Waals surface area (Å²) in [5.74, 6) is 0.443. The minimum atomic E-state index is -0.589. The number of fused-ring (bicyclic) bond motifs is 3. The van der Waals surface area contributed by atoms with E-state index in [9.17, 15) is 14.9 Å². The molecule has 1 aliphatic carbocycles. The topological polar surface area (TPSA) is 110 Å². The number of hydrogen-bond acceptors (Lipinski definition) is 6. The highest BCUT2D eigenvalue weighted by Gasteiger charge is 2.41. The number of ether oxygens (including phenoxy) is 1. The van der Waals surface area contributed by atoms with Gasteiger partial charge in [-0.1, -0.05) is 60.7 Å². The van der Waals surface area contributed by atoms with Crippen molar-refractivity contribution in [2.45, 2.75) is 57.7 Å². The fourth-order valence-corrected chi connectivity index (χ4v) is 5.53. The van der Waals surface area contributed by atoms with Crippen LogP contribution in [0.5, 0.6) is 0 Å². The van der Waals surface area contributed by atoms with Gasteiger partial charge in [-0.15, -0.1) is 0 Å². The number of nitrogens with zero attached hydrogens (tertiary/aromatic N) is 3. The zero-order valence-corrected chi connectivity index (χ0v) is 23.2. The van der Waals surface area contributed by atoms with E-state index in [1.807, 2.05) is 81.4 Å². The van der Waals surface area contributed by atoms with E-state index in [2.05, 4.69) is 16.5 Å². The van der Waals surface area contributed by atoms with Crippen LogP contribution in [0.2, 0.25) is 0 Å². The van der Waals surface area contributed by atoms with Gasteiger partial charge in [-0.05, 0) is 57.2 Å². The maximum atomic E-state index is 14.2. The highest BCUT2D eigenvalue weighted by atomic mass is 16.6. The van der Waals surface area contributed by atoms with Crippen molar-refractivity contribution in [3.05, 3.63) is 88.7 Å². The molecule has 2 aromatic heterocycles. The summed E-state index contributed by atoms with van der Waals surface area (Å²) in [5, 5.41) is 17.9. The summed E-state index contributed by atoms with van der Waals surface area (Å²) in [5.41, 5.74) is 2.63. The summed E-state index contributed by atoms with van der Waals surface area (Å²) in [6.45, 7) is 5.57. The number of nitrogens with one attached hydrogen (secondary N) is 1. The first kappa shape index (κ1) is 26.3. The molecule has 8 heteroatoms. The predicted octanol–water partition coefficient (Wildman–Crippen LogP) is 6.90. The van der Waals surface area contributed by atoms with E-state index in [0.29, 0.717) is 33.4 Å². The third kappa shape index (κ3) is 4.74. The van der Waals surface area contributed by atoms with Gasteiger partial charge < -0.3 is 14.5 Å². The van der Waals surface area contributed by atoms with Crippen LogP contribution in [0.1, 0.15) is 45.6 Å². The fraction of sp³-hybridized carbons (Fsp3) is 0.273. The highest BCUT2D eigenvalue weighted by Crippen LogP contribution is 2.42. The van der Waals surface area contributed by atoms with Gasteiger partial charge in [-0.3, -0.25) is 4.79 Å². The van der Waals surface area contributed by atoms with E-state index < -0.39 is 17.2 Å². The van der Waals surface area contributed by atoms with E-state index >= 15 is 0 Å². The largest absolute Gasteiger partial charge is 0.453 e. The molecule has 0 bridgehead atoms. The molecule has 0 saturated heterocycles. The van der Waals surface area contributed by atoms with Crippen LogP contribution in [-0.4, -0.2) is 21.5 Å². The maximum Gasteiger partial charge on any atom is 0.408 e. The van der Waals surface area contributed by atoms with Crippen LogP contribution in [-0.2, 0) is 16.8 Å². The Morgan fingerprint density at radius 2 is 1.80 bits per heavy atom. The van der Waals surface area contributed by atoms with Crippen LogP contribution < -0.4 is 10.7 Å². The van der Waals surface area contributed by atoms with E-state index in [4.69, 9.17) is 9.15 Å². The molecule has 1 amide bonds. The van der Waals surface area contributed by atoms with E-state index in [-0.39, 0.29) is 12.0 Å². The number of rotatable bonds is 5. The summed E-state index contributed by atoms with van der Waals surface area (Å²) in [6.07, 6.45) is 3.85. The summed E-state index contributed by atoms with van der Waals surface area (Å²) in [4.78, 5) is 26.8. The Balaban J connectivity index is 1.48. The van der Waals surface area contributed by atoms with E-state index in [1.54, 1.807) is 16.9 Å². The number of benzene rings is 3. The van der Waals surface area contributed by atoms with Crippen LogP contribution in [0, 0.1) is 11.3 Å². The van der Waals surface area contributed by atoms with E-state index in [1.165, 1.54) is 0 Å². The van der Waals surface area contributed by atoms with Crippen LogP contribution in [0.3, 0.4) is 0 Å². The normalized spacial score (nSPS) is 14.4. The first-order chi connectivity index (χ1) is 19.7. The van der Waals surface area contributed by atoms with Crippen molar-refractivity contribution < 1.29 is 13.9 Å². The molecule has 0 radical (unpaired) electrons. The highest BCUT2D eigenvalue weighted by molar-refractivity contribution is 6.04. The maximum absolute atomic E-state index is 14.2. The molecule has 0 unspecified atom stereocenters. The first-order valence-corrected chi connectivity index (χ1v) is 13.7. The molecule has 8 nitrogen and oxygen atoms in total. The molecule has 41 heavy (non-hydrogen) atoms. The van der Waals surface area contributed by atoms with Gasteiger partial charge in [0.25, 0.3) is 0 Å². The summed E-state index contributed by atoms with van der Waals surface area (Å²) in [7, 11) is 0. The van der Waals surface area contributed by atoms with Crippen molar-refractivity contribution in [2.24, 2.45) is 0 Å². The zero-order valence-electron chi connectivity index (χ0n) is 23.2. The quantitative estimate of drug-likeness (QED) is 0.257. The second-order valence-electron chi connectivity index (χ2n) is 11.5. The lowest BCUT2D eigenvalue weighted by Crippen LogP contribution is -2.52. The molecular formula is C33H30N4O4. The van der Waals surface area contributed by atoms with Crippen molar-refractivity contribution in [1.29, 1.82) is 5.26 Å². The number of aromatic nitrogens is 2. The lowest BCUT2D eigenvalue weighted by atomic mass is 9.71. The number of carbonyl (C=O) groups excluding carboxylic acids is 1. The average molecular weight is 547 g/mol. The van der Waals surface area contributed by atoms with Gasteiger partial charge in [0.1, 0.15) is 23.4 Å². The van der Waals surface area contributed by atoms with Gasteiger partial charge in [0.15, 0.2) is 5.58 Å². The minimum Gasteiger partial charge on any atom is -0.453 e. The van der Waals surface area contributed by atoms with Crippen molar-refractivity contribution in [2.75, 3.05) is 0 Å². The number of alkyl carbamates (subject to hydrolysis) is 1. The average Bonchev–Trinajstić information content (AvgIpc) is 3.34. The second kappa shape index (κ2) is 9.93. The van der Waals surface area contributed by atoms with Gasteiger partial charge in [0.05, 0.1) is 28.8 Å². The molecular weight excluding hydrogens is 516 g/mol. The van der Waals surface area contributed by atoms with Crippen molar-refractivity contribution in [1.82, 2.24) is 15.1 Å². The smallest absolute Gasteiger partial charge is 0.408 e. The molecule has 1 saturated carbocycles. The minimum absolute atomic E-state index is 0.0370. The van der Waals surface area contributed by atoms with Gasteiger partial charge in [-0.2, -0.15) is 10.4 Å². The summed E-state index contributed by atoms with van der Waals surface area (Å²) >= 11 is 0. The first-order valence-electron chi connectivity index (χ1n) is 13.7. The predicted molar refractivity (Wildman–Crippen MR) is 157 cm³/mol. The van der Waals surface area contributed by atoms with Gasteiger partial charge in [0.2, 0.25) is 5.43 Å². The third-order valence-corrected chi connectivity index (χ3v) is 7.59. The molecule has 6 rings (SSSR count). The lowest BCUT2D eigenvalue weighted by Gasteiger charge is -2.43. The molecule has 1 fully saturated rings. The Hall–Kier alpha value is -4.90. The molecule has 0 aliphatic heterocycles. The Kier molecular flexibility index (Phi) is 6.38. The monoisotopic (exact) mass is 546 g/mol. The molecule has 206 valence electrons. The van der Waals surface area contributed by atoms with Crippen LogP contribution >= 0.6 is 0 Å². The van der Waals surface area contributed by atoms with Crippen LogP contribution in [0.15, 0.2) is 82.1 Å². The Labute approximate surface area is 237 Å². The van der Waals surface area contributed by atoms with Gasteiger partial charge in [-0.25, -0.2) is 9.48 Å². The Bertz CT molecular complexity index is 1870. The molecule has 1 aliphatic rings. The third-order valence-electron chi connectivity index (χ3n) is 7.59. The van der Waals surface area contributed by atoms with E-state index in [0.717, 1.165) is 35.8 Å². The van der Waals surface area contributed by atoms with Crippen LogP contribution in [0.25, 0.3) is 44.3 Å². The standard InChI is InChI=1S/C33H30N4O4/c1-32(2,3)41-31(39)36-33(16-7-17-33)24-13-10-21(11-14-24)26-28(38)25-15-12-23-20-35-37(19-18-34)27(23)30(25)40-29(26)22-8-5-4-6-9-22/h4-6,8-15,20H,7,16-17,19H2,1-3H3,(H,36,39). The number of amides is 1. The number of nitriles is 1. The van der Waals surface area contributed by atoms with Crippen LogP contribution in [0.4, 0.5) is 4.79 Å². The van der Waals surface area contributed by atoms with Gasteiger partial charge in [0, 0.05) is 10.9 Å². The summed E-state index contributed by atoms with van der Waals surface area (Å²) in [6, 6.07) is 23.0.